The van der Waals surface area contributed by atoms with E-state index in [0.29, 0.717) is 12.2 Å². The Balaban J connectivity index is 2.06. The Bertz CT molecular complexity index is 928. The topological polar surface area (TPSA) is 39.4 Å². The van der Waals surface area contributed by atoms with Gasteiger partial charge in [0.05, 0.1) is 0 Å². The molecule has 0 fully saturated rings. The van der Waals surface area contributed by atoms with Gasteiger partial charge in [-0.05, 0) is 67.4 Å². The van der Waals surface area contributed by atoms with E-state index in [9.17, 15) is 4.79 Å². The summed E-state index contributed by atoms with van der Waals surface area (Å²) in [5.74, 6) is 0.805. The largest absolute Gasteiger partial charge is 0.490 e. The minimum absolute atomic E-state index is 0.319. The molecule has 0 aliphatic heterocycles. The zero-order valence-electron chi connectivity index (χ0n) is 13.0. The van der Waals surface area contributed by atoms with E-state index < -0.39 is 0 Å². The Morgan fingerprint density at radius 2 is 1.95 bits per heavy atom. The van der Waals surface area contributed by atoms with E-state index in [-0.39, 0.29) is 5.63 Å². The van der Waals surface area contributed by atoms with Crippen LogP contribution in [0.1, 0.15) is 19.4 Å². The van der Waals surface area contributed by atoms with Gasteiger partial charge in [0.2, 0.25) is 0 Å². The first kappa shape index (κ1) is 14.4. The second-order valence-corrected chi connectivity index (χ2v) is 5.70. The standard InChI is InChI=1S/C19H18O3/c1-12(2)6-7-21-16-5-4-14-10-17-13(3)8-19(20)22-18(17)11-15(14)9-16/h4-6,8-11H,7H2,1-3H3. The van der Waals surface area contributed by atoms with Gasteiger partial charge in [-0.2, -0.15) is 0 Å². The quantitative estimate of drug-likeness (QED) is 0.402. The van der Waals surface area contributed by atoms with E-state index in [2.05, 4.69) is 0 Å². The van der Waals surface area contributed by atoms with E-state index in [1.54, 1.807) is 0 Å². The molecule has 1 heterocycles. The van der Waals surface area contributed by atoms with Gasteiger partial charge in [0.1, 0.15) is 17.9 Å². The average molecular weight is 294 g/mol. The molecule has 3 nitrogen and oxygen atoms in total. The van der Waals surface area contributed by atoms with Gasteiger partial charge in [0.25, 0.3) is 0 Å². The van der Waals surface area contributed by atoms with Crippen LogP contribution in [0, 0.1) is 6.92 Å². The molecule has 0 bridgehead atoms. The third kappa shape index (κ3) is 2.89. The first-order valence-corrected chi connectivity index (χ1v) is 7.27. The molecule has 0 saturated heterocycles. The van der Waals surface area contributed by atoms with Crippen molar-refractivity contribution >= 4 is 21.7 Å². The zero-order valence-corrected chi connectivity index (χ0v) is 13.0. The van der Waals surface area contributed by atoms with Crippen LogP contribution in [0.15, 0.2) is 57.3 Å². The van der Waals surface area contributed by atoms with Gasteiger partial charge in [-0.3, -0.25) is 0 Å². The molecule has 0 radical (unpaired) electrons. The van der Waals surface area contributed by atoms with Gasteiger partial charge in [-0.25, -0.2) is 4.79 Å². The van der Waals surface area contributed by atoms with E-state index >= 15 is 0 Å². The Morgan fingerprint density at radius 3 is 2.73 bits per heavy atom. The summed E-state index contributed by atoms with van der Waals surface area (Å²) in [5, 5.41) is 3.06. The van der Waals surface area contributed by atoms with Gasteiger partial charge in [-0.15, -0.1) is 0 Å². The molecule has 3 heteroatoms. The molecule has 0 atom stereocenters. The minimum atomic E-state index is -0.319. The van der Waals surface area contributed by atoms with Crippen LogP contribution in [0.2, 0.25) is 0 Å². The summed E-state index contributed by atoms with van der Waals surface area (Å²) in [5.41, 5.74) is 2.44. The van der Waals surface area contributed by atoms with Crippen LogP contribution in [0.5, 0.6) is 5.75 Å². The lowest BCUT2D eigenvalue weighted by Crippen LogP contribution is -1.98. The first-order chi connectivity index (χ1) is 10.5. The Morgan fingerprint density at radius 1 is 1.14 bits per heavy atom. The number of fused-ring (bicyclic) bond motifs is 2. The molecule has 0 amide bonds. The minimum Gasteiger partial charge on any atom is -0.490 e. The second kappa shape index (κ2) is 5.68. The number of ether oxygens (including phenoxy) is 1. The molecule has 3 aromatic rings. The van der Waals surface area contributed by atoms with Crippen LogP contribution in [-0.2, 0) is 0 Å². The van der Waals surface area contributed by atoms with Crippen LogP contribution < -0.4 is 10.4 Å². The van der Waals surface area contributed by atoms with Crippen molar-refractivity contribution in [3.8, 4) is 5.75 Å². The maximum atomic E-state index is 11.5. The maximum Gasteiger partial charge on any atom is 0.336 e. The molecule has 3 rings (SSSR count). The molecular formula is C19H18O3. The number of benzene rings is 2. The van der Waals surface area contributed by atoms with Crippen molar-refractivity contribution in [1.29, 1.82) is 0 Å². The van der Waals surface area contributed by atoms with Crippen molar-refractivity contribution in [1.82, 2.24) is 0 Å². The number of allylic oxidation sites excluding steroid dienone is 1. The molecule has 22 heavy (non-hydrogen) atoms. The number of hydrogen-bond donors (Lipinski definition) is 0. The predicted molar refractivity (Wildman–Crippen MR) is 89.7 cm³/mol. The molecule has 0 spiro atoms. The zero-order chi connectivity index (χ0) is 15.7. The Kier molecular flexibility index (Phi) is 3.72. The number of aryl methyl sites for hydroxylation is 1. The summed E-state index contributed by atoms with van der Waals surface area (Å²) in [6.45, 7) is 6.55. The van der Waals surface area contributed by atoms with Crippen LogP contribution in [0.3, 0.4) is 0 Å². The predicted octanol–water partition coefficient (Wildman–Crippen LogP) is 4.60. The molecule has 0 unspecified atom stereocenters. The van der Waals surface area contributed by atoms with Crippen molar-refractivity contribution in [2.45, 2.75) is 20.8 Å². The highest BCUT2D eigenvalue weighted by atomic mass is 16.5. The van der Waals surface area contributed by atoms with E-state index in [0.717, 1.165) is 27.5 Å². The average Bonchev–Trinajstić information content (AvgIpc) is 2.45. The lowest BCUT2D eigenvalue weighted by Gasteiger charge is -2.07. The van der Waals surface area contributed by atoms with Gasteiger partial charge < -0.3 is 9.15 Å². The summed E-state index contributed by atoms with van der Waals surface area (Å²) in [7, 11) is 0. The van der Waals surface area contributed by atoms with Crippen molar-refractivity contribution in [3.63, 3.8) is 0 Å². The SMILES string of the molecule is CC(C)=CCOc1ccc2cc3c(C)cc(=O)oc3cc2c1. The molecule has 2 aromatic carbocycles. The molecule has 1 aromatic heterocycles. The normalized spacial score (nSPS) is 10.9. The van der Waals surface area contributed by atoms with Crippen molar-refractivity contribution in [2.24, 2.45) is 0 Å². The summed E-state index contributed by atoms with van der Waals surface area (Å²) >= 11 is 0. The lowest BCUT2D eigenvalue weighted by molar-refractivity contribution is 0.362. The third-order valence-corrected chi connectivity index (χ3v) is 3.62. The fourth-order valence-electron chi connectivity index (χ4n) is 2.43. The van der Waals surface area contributed by atoms with Crippen molar-refractivity contribution in [2.75, 3.05) is 6.61 Å². The van der Waals surface area contributed by atoms with Crippen LogP contribution in [-0.4, -0.2) is 6.61 Å². The summed E-state index contributed by atoms with van der Waals surface area (Å²) in [6, 6.07) is 11.4. The maximum absolute atomic E-state index is 11.5. The van der Waals surface area contributed by atoms with Crippen molar-refractivity contribution < 1.29 is 9.15 Å². The molecule has 0 aliphatic rings. The second-order valence-electron chi connectivity index (χ2n) is 5.70. The van der Waals surface area contributed by atoms with Gasteiger partial charge in [0, 0.05) is 11.5 Å². The van der Waals surface area contributed by atoms with Gasteiger partial charge >= 0.3 is 5.63 Å². The smallest absolute Gasteiger partial charge is 0.336 e. The highest BCUT2D eigenvalue weighted by Crippen LogP contribution is 2.27. The monoisotopic (exact) mass is 294 g/mol. The third-order valence-electron chi connectivity index (χ3n) is 3.62. The van der Waals surface area contributed by atoms with Gasteiger partial charge in [-0.1, -0.05) is 11.6 Å². The van der Waals surface area contributed by atoms with E-state index in [1.807, 2.05) is 57.2 Å². The highest BCUT2D eigenvalue weighted by molar-refractivity contribution is 5.97. The fourth-order valence-corrected chi connectivity index (χ4v) is 2.43. The molecule has 0 aliphatic carbocycles. The lowest BCUT2D eigenvalue weighted by atomic mass is 10.0. The molecular weight excluding hydrogens is 276 g/mol. The Hall–Kier alpha value is -2.55. The van der Waals surface area contributed by atoms with Crippen LogP contribution in [0.25, 0.3) is 21.7 Å². The fraction of sp³-hybridized carbons (Fsp3) is 0.211. The van der Waals surface area contributed by atoms with E-state index in [4.69, 9.17) is 9.15 Å². The number of rotatable bonds is 3. The Labute approximate surface area is 128 Å². The summed E-state index contributed by atoms with van der Waals surface area (Å²) in [6.07, 6.45) is 2.03. The molecule has 0 N–H and O–H groups in total. The molecule has 112 valence electrons. The summed E-state index contributed by atoms with van der Waals surface area (Å²) < 4.78 is 11.0. The van der Waals surface area contributed by atoms with Gasteiger partial charge in [0.15, 0.2) is 0 Å². The van der Waals surface area contributed by atoms with Crippen molar-refractivity contribution in [3.05, 3.63) is 64.0 Å². The first-order valence-electron chi connectivity index (χ1n) is 7.27. The molecule has 0 saturated carbocycles. The van der Waals surface area contributed by atoms with Crippen LogP contribution >= 0.6 is 0 Å². The summed E-state index contributed by atoms with van der Waals surface area (Å²) in [4.78, 5) is 11.5. The van der Waals surface area contributed by atoms with E-state index in [1.165, 1.54) is 11.6 Å². The van der Waals surface area contributed by atoms with Crippen LogP contribution in [0.4, 0.5) is 0 Å². The highest BCUT2D eigenvalue weighted by Gasteiger charge is 2.05. The number of hydrogen-bond acceptors (Lipinski definition) is 3.